The van der Waals surface area contributed by atoms with Crippen molar-refractivity contribution in [2.24, 2.45) is 0 Å². The Kier molecular flexibility index (Phi) is 11.0. The highest BCUT2D eigenvalue weighted by Gasteiger charge is 2.27. The second-order valence-corrected chi connectivity index (χ2v) is 13.2. The molecule has 0 aliphatic heterocycles. The predicted molar refractivity (Wildman–Crippen MR) is 159 cm³/mol. The van der Waals surface area contributed by atoms with Gasteiger partial charge in [0, 0.05) is 21.6 Å². The summed E-state index contributed by atoms with van der Waals surface area (Å²) >= 11 is 1.93. The third-order valence-corrected chi connectivity index (χ3v) is 8.10. The molecule has 0 spiro atoms. The molecule has 1 N–H and O–H groups in total. The smallest absolute Gasteiger partial charge is 0.339 e. The topological polar surface area (TPSA) is 65.0 Å². The first kappa shape index (κ1) is 31.9. The lowest BCUT2D eigenvalue weighted by molar-refractivity contribution is 0.0692. The van der Waals surface area contributed by atoms with Crippen molar-refractivity contribution in [2.45, 2.75) is 104 Å². The first-order valence-electron chi connectivity index (χ1n) is 13.5. The van der Waals surface area contributed by atoms with Crippen LogP contribution in [0.2, 0.25) is 0 Å². The number of benzene rings is 2. The van der Waals surface area contributed by atoms with Gasteiger partial charge < -0.3 is 19.3 Å². The maximum Gasteiger partial charge on any atom is 0.339 e. The van der Waals surface area contributed by atoms with E-state index in [4.69, 9.17) is 14.2 Å². The van der Waals surface area contributed by atoms with Gasteiger partial charge in [-0.3, -0.25) is 0 Å². The lowest BCUT2D eigenvalue weighted by Gasteiger charge is -2.29. The van der Waals surface area contributed by atoms with Gasteiger partial charge >= 0.3 is 5.97 Å². The predicted octanol–water partition coefficient (Wildman–Crippen LogP) is 8.65. The number of ether oxygens (including phenoxy) is 3. The molecule has 2 aromatic rings. The highest BCUT2D eigenvalue weighted by molar-refractivity contribution is 7.99. The summed E-state index contributed by atoms with van der Waals surface area (Å²) in [6.45, 7) is 19.7. The molecule has 2 rings (SSSR count). The SMILES string of the molecule is COc1c(C(C)(C)C)cc(SCCCCCCOc2c(C)c(C)c(C(=O)O)c(OC)c2C)cc1C(C)(C)C. The Hall–Kier alpha value is -2.34. The van der Waals surface area contributed by atoms with Crippen LogP contribution in [-0.4, -0.2) is 37.7 Å². The van der Waals surface area contributed by atoms with Crippen molar-refractivity contribution in [1.82, 2.24) is 0 Å². The zero-order chi connectivity index (χ0) is 28.8. The molecule has 5 nitrogen and oxygen atoms in total. The van der Waals surface area contributed by atoms with E-state index in [2.05, 4.69) is 53.7 Å². The van der Waals surface area contributed by atoms with Crippen LogP contribution >= 0.6 is 11.8 Å². The Morgan fingerprint density at radius 2 is 1.29 bits per heavy atom. The van der Waals surface area contributed by atoms with E-state index in [0.717, 1.165) is 54.1 Å². The standard InChI is InChI=1S/C32H48O5S/c1-20-21(2)27(22(3)28(35-10)26(20)30(33)34)37-16-14-12-13-15-17-38-23-18-24(31(4,5)6)29(36-11)25(19-23)32(7,8)9/h18-19H,12-17H2,1-11H3,(H,33,34). The molecule has 0 unspecified atom stereocenters. The second-order valence-electron chi connectivity index (χ2n) is 12.1. The van der Waals surface area contributed by atoms with Gasteiger partial charge in [0.2, 0.25) is 0 Å². The Labute approximate surface area is 234 Å². The summed E-state index contributed by atoms with van der Waals surface area (Å²) < 4.78 is 17.4. The summed E-state index contributed by atoms with van der Waals surface area (Å²) in [5.74, 6) is 2.24. The molecule has 0 aromatic heterocycles. The van der Waals surface area contributed by atoms with E-state index in [9.17, 15) is 9.90 Å². The summed E-state index contributed by atoms with van der Waals surface area (Å²) in [6.07, 6.45) is 4.33. The molecule has 0 radical (unpaired) electrons. The lowest BCUT2D eigenvalue weighted by atomic mass is 9.79. The molecular weight excluding hydrogens is 496 g/mol. The molecule has 0 saturated heterocycles. The van der Waals surface area contributed by atoms with E-state index >= 15 is 0 Å². The van der Waals surface area contributed by atoms with Crippen molar-refractivity contribution < 1.29 is 24.1 Å². The minimum absolute atomic E-state index is 0.00905. The number of hydrogen-bond donors (Lipinski definition) is 1. The zero-order valence-electron chi connectivity index (χ0n) is 25.4. The first-order valence-corrected chi connectivity index (χ1v) is 14.5. The van der Waals surface area contributed by atoms with E-state index < -0.39 is 5.97 Å². The van der Waals surface area contributed by atoms with Gasteiger partial charge in [0.15, 0.2) is 0 Å². The third kappa shape index (κ3) is 7.62. The zero-order valence-corrected chi connectivity index (χ0v) is 26.2. The largest absolute Gasteiger partial charge is 0.496 e. The monoisotopic (exact) mass is 544 g/mol. The van der Waals surface area contributed by atoms with Gasteiger partial charge in [0.1, 0.15) is 22.8 Å². The number of thioether (sulfide) groups is 1. The molecule has 2 aromatic carbocycles. The van der Waals surface area contributed by atoms with Gasteiger partial charge in [-0.2, -0.15) is 0 Å². The molecule has 6 heteroatoms. The van der Waals surface area contributed by atoms with Crippen molar-refractivity contribution in [3.8, 4) is 17.2 Å². The molecule has 0 bridgehead atoms. The Balaban J connectivity index is 1.93. The Bertz CT molecular complexity index is 1090. The van der Waals surface area contributed by atoms with Gasteiger partial charge in [-0.1, -0.05) is 54.4 Å². The van der Waals surface area contributed by atoms with Crippen LogP contribution in [0.15, 0.2) is 17.0 Å². The Morgan fingerprint density at radius 1 is 0.763 bits per heavy atom. The summed E-state index contributed by atoms with van der Waals surface area (Å²) in [7, 11) is 3.28. The fraction of sp³-hybridized carbons (Fsp3) is 0.594. The molecule has 38 heavy (non-hydrogen) atoms. The van der Waals surface area contributed by atoms with E-state index in [-0.39, 0.29) is 16.4 Å². The average molecular weight is 545 g/mol. The van der Waals surface area contributed by atoms with Crippen LogP contribution < -0.4 is 14.2 Å². The molecule has 0 heterocycles. The van der Waals surface area contributed by atoms with Crippen LogP contribution in [0.5, 0.6) is 17.2 Å². The molecule has 212 valence electrons. The highest BCUT2D eigenvalue weighted by atomic mass is 32.2. The highest BCUT2D eigenvalue weighted by Crippen LogP contribution is 2.42. The van der Waals surface area contributed by atoms with Crippen molar-refractivity contribution >= 4 is 17.7 Å². The van der Waals surface area contributed by atoms with Gasteiger partial charge in [-0.25, -0.2) is 4.79 Å². The van der Waals surface area contributed by atoms with Crippen LogP contribution in [0.1, 0.15) is 105 Å². The van der Waals surface area contributed by atoms with Crippen LogP contribution in [-0.2, 0) is 10.8 Å². The fourth-order valence-corrected chi connectivity index (χ4v) is 5.76. The number of carboxylic acids is 1. The van der Waals surface area contributed by atoms with Gasteiger partial charge in [-0.15, -0.1) is 11.8 Å². The maximum absolute atomic E-state index is 11.7. The van der Waals surface area contributed by atoms with Gasteiger partial charge in [0.25, 0.3) is 0 Å². The van der Waals surface area contributed by atoms with Crippen molar-refractivity contribution in [3.05, 3.63) is 45.5 Å². The van der Waals surface area contributed by atoms with Gasteiger partial charge in [0.05, 0.1) is 20.8 Å². The summed E-state index contributed by atoms with van der Waals surface area (Å²) in [6, 6.07) is 4.62. The molecule has 0 aliphatic rings. The van der Waals surface area contributed by atoms with Crippen molar-refractivity contribution in [1.29, 1.82) is 0 Å². The molecule has 0 saturated carbocycles. The minimum Gasteiger partial charge on any atom is -0.496 e. The molecule has 0 amide bonds. The van der Waals surface area contributed by atoms with Crippen molar-refractivity contribution in [2.75, 3.05) is 26.6 Å². The number of carbonyl (C=O) groups is 1. The summed E-state index contributed by atoms with van der Waals surface area (Å²) in [5.41, 5.74) is 5.06. The normalized spacial score (nSPS) is 12.0. The maximum atomic E-state index is 11.7. The van der Waals surface area contributed by atoms with E-state index in [1.54, 1.807) is 7.11 Å². The van der Waals surface area contributed by atoms with E-state index in [0.29, 0.717) is 17.9 Å². The quantitative estimate of drug-likeness (QED) is 0.213. The lowest BCUT2D eigenvalue weighted by Crippen LogP contribution is -2.19. The number of unbranched alkanes of at least 4 members (excludes halogenated alkanes) is 3. The van der Waals surface area contributed by atoms with E-state index in [1.807, 2.05) is 32.5 Å². The van der Waals surface area contributed by atoms with Crippen LogP contribution in [0.3, 0.4) is 0 Å². The third-order valence-electron chi connectivity index (χ3n) is 7.04. The summed E-state index contributed by atoms with van der Waals surface area (Å²) in [4.78, 5) is 13.0. The minimum atomic E-state index is -0.978. The van der Waals surface area contributed by atoms with Crippen molar-refractivity contribution in [3.63, 3.8) is 0 Å². The molecule has 0 fully saturated rings. The molecule has 0 atom stereocenters. The Morgan fingerprint density at radius 3 is 1.76 bits per heavy atom. The number of carboxylic acid groups (broad SMARTS) is 1. The summed E-state index contributed by atoms with van der Waals surface area (Å²) in [5, 5.41) is 9.60. The number of hydrogen-bond acceptors (Lipinski definition) is 5. The van der Waals surface area contributed by atoms with Gasteiger partial charge in [-0.05, 0) is 73.5 Å². The number of aromatic carboxylic acids is 1. The molecule has 0 aliphatic carbocycles. The number of methoxy groups -OCH3 is 2. The first-order chi connectivity index (χ1) is 17.6. The number of rotatable bonds is 12. The van der Waals surface area contributed by atoms with E-state index in [1.165, 1.54) is 23.1 Å². The van der Waals surface area contributed by atoms with Crippen LogP contribution in [0, 0.1) is 20.8 Å². The average Bonchev–Trinajstić information content (AvgIpc) is 2.82. The van der Waals surface area contributed by atoms with Crippen LogP contribution in [0.25, 0.3) is 0 Å². The second kappa shape index (κ2) is 13.1. The fourth-order valence-electron chi connectivity index (χ4n) is 4.77. The van der Waals surface area contributed by atoms with Crippen LogP contribution in [0.4, 0.5) is 0 Å². The molecular formula is C32H48O5S.